The van der Waals surface area contributed by atoms with E-state index in [2.05, 4.69) is 39.9 Å². The lowest BCUT2D eigenvalue weighted by molar-refractivity contribution is 0.0979. The predicted octanol–water partition coefficient (Wildman–Crippen LogP) is 2.87. The Balaban J connectivity index is 3.21. The molecule has 0 atom stereocenters. The molecule has 1 heterocycles. The number of rotatable bonds is 3. The van der Waals surface area contributed by atoms with Crippen molar-refractivity contribution in [2.24, 2.45) is 11.7 Å². The van der Waals surface area contributed by atoms with Crippen LogP contribution in [0.3, 0.4) is 0 Å². The molecule has 0 spiro atoms. The van der Waals surface area contributed by atoms with E-state index in [4.69, 9.17) is 11.1 Å². The van der Waals surface area contributed by atoms with E-state index in [1.165, 1.54) is 16.9 Å². The van der Waals surface area contributed by atoms with E-state index < -0.39 is 0 Å². The molecule has 0 saturated carbocycles. The van der Waals surface area contributed by atoms with Crippen LogP contribution >= 0.6 is 11.3 Å². The summed E-state index contributed by atoms with van der Waals surface area (Å²) >= 11 is 1.43. The highest BCUT2D eigenvalue weighted by atomic mass is 32.1. The maximum atomic E-state index is 12.1. The zero-order valence-corrected chi connectivity index (χ0v) is 13.1. The van der Waals surface area contributed by atoms with Crippen molar-refractivity contribution in [3.8, 4) is 0 Å². The van der Waals surface area contributed by atoms with E-state index in [1.807, 2.05) is 5.38 Å². The molecule has 0 bridgehead atoms. The SMILES string of the molecule is CC(C)Cc1c(C(C)(C)C)csc1C(=O)NC(=N)N. The summed E-state index contributed by atoms with van der Waals surface area (Å²) in [6.07, 6.45) is 0.858. The van der Waals surface area contributed by atoms with Crippen molar-refractivity contribution in [2.45, 2.75) is 46.5 Å². The van der Waals surface area contributed by atoms with Crippen molar-refractivity contribution < 1.29 is 4.79 Å². The number of amides is 1. The smallest absolute Gasteiger partial charge is 0.268 e. The molecule has 0 unspecified atom stereocenters. The molecule has 0 radical (unpaired) electrons. The molecule has 106 valence electrons. The first-order valence-corrected chi connectivity index (χ1v) is 7.27. The number of nitrogens with one attached hydrogen (secondary N) is 2. The minimum atomic E-state index is -0.314. The second-order valence-electron chi connectivity index (χ2n) is 6.17. The Labute approximate surface area is 118 Å². The standard InChI is InChI=1S/C14H23N3OS/c1-8(2)6-9-10(14(3,4)5)7-19-11(9)12(18)17-13(15)16/h7-8H,6H2,1-5H3,(H4,15,16,17,18). The van der Waals surface area contributed by atoms with Gasteiger partial charge in [-0.05, 0) is 34.3 Å². The van der Waals surface area contributed by atoms with Crippen LogP contribution in [0.5, 0.6) is 0 Å². The molecular weight excluding hydrogens is 258 g/mol. The van der Waals surface area contributed by atoms with Crippen molar-refractivity contribution in [3.05, 3.63) is 21.4 Å². The molecule has 1 aromatic heterocycles. The highest BCUT2D eigenvalue weighted by Gasteiger charge is 2.25. The van der Waals surface area contributed by atoms with Crippen LogP contribution < -0.4 is 11.1 Å². The first-order chi connectivity index (χ1) is 8.62. The Hall–Kier alpha value is -1.36. The number of nitrogens with two attached hydrogens (primary N) is 1. The van der Waals surface area contributed by atoms with Crippen LogP contribution in [0.4, 0.5) is 0 Å². The van der Waals surface area contributed by atoms with Crippen LogP contribution in [0.25, 0.3) is 0 Å². The topological polar surface area (TPSA) is 79.0 Å². The van der Waals surface area contributed by atoms with Gasteiger partial charge in [-0.2, -0.15) is 0 Å². The molecule has 0 fully saturated rings. The number of carbonyl (C=O) groups excluding carboxylic acids is 1. The maximum Gasteiger partial charge on any atom is 0.268 e. The van der Waals surface area contributed by atoms with Gasteiger partial charge in [0, 0.05) is 0 Å². The second-order valence-corrected chi connectivity index (χ2v) is 7.05. The third-order valence-corrected chi connectivity index (χ3v) is 3.79. The van der Waals surface area contributed by atoms with Crippen molar-refractivity contribution in [1.82, 2.24) is 5.32 Å². The number of hydrogen-bond donors (Lipinski definition) is 3. The van der Waals surface area contributed by atoms with Gasteiger partial charge in [-0.1, -0.05) is 34.6 Å². The molecule has 1 rings (SSSR count). The van der Waals surface area contributed by atoms with E-state index in [0.29, 0.717) is 10.8 Å². The number of guanidine groups is 1. The summed E-state index contributed by atoms with van der Waals surface area (Å²) in [5.74, 6) is -0.116. The summed E-state index contributed by atoms with van der Waals surface area (Å²) in [6, 6.07) is 0. The minimum Gasteiger partial charge on any atom is -0.370 e. The Morgan fingerprint density at radius 2 is 2.05 bits per heavy atom. The molecule has 5 heteroatoms. The maximum absolute atomic E-state index is 12.1. The lowest BCUT2D eigenvalue weighted by Crippen LogP contribution is -2.35. The largest absolute Gasteiger partial charge is 0.370 e. The molecule has 0 aromatic carbocycles. The van der Waals surface area contributed by atoms with Gasteiger partial charge in [0.25, 0.3) is 5.91 Å². The molecule has 1 amide bonds. The molecular formula is C14H23N3OS. The van der Waals surface area contributed by atoms with Crippen molar-refractivity contribution in [1.29, 1.82) is 5.41 Å². The molecule has 19 heavy (non-hydrogen) atoms. The zero-order valence-electron chi connectivity index (χ0n) is 12.3. The lowest BCUT2D eigenvalue weighted by Gasteiger charge is -2.21. The lowest BCUT2D eigenvalue weighted by atomic mass is 9.83. The normalized spacial score (nSPS) is 11.7. The molecule has 0 saturated heterocycles. The monoisotopic (exact) mass is 281 g/mol. The van der Waals surface area contributed by atoms with Gasteiger partial charge in [-0.25, -0.2) is 0 Å². The summed E-state index contributed by atoms with van der Waals surface area (Å²) in [5, 5.41) is 11.6. The Morgan fingerprint density at radius 1 is 1.47 bits per heavy atom. The van der Waals surface area contributed by atoms with Crippen LogP contribution in [0.15, 0.2) is 5.38 Å². The summed E-state index contributed by atoms with van der Waals surface area (Å²) < 4.78 is 0. The van der Waals surface area contributed by atoms with E-state index in [9.17, 15) is 4.79 Å². The van der Waals surface area contributed by atoms with E-state index in [-0.39, 0.29) is 17.3 Å². The Morgan fingerprint density at radius 3 is 2.47 bits per heavy atom. The molecule has 1 aromatic rings. The summed E-state index contributed by atoms with van der Waals surface area (Å²) in [6.45, 7) is 10.7. The summed E-state index contributed by atoms with van der Waals surface area (Å²) in [5.41, 5.74) is 7.54. The summed E-state index contributed by atoms with van der Waals surface area (Å²) in [7, 11) is 0. The predicted molar refractivity (Wildman–Crippen MR) is 80.9 cm³/mol. The van der Waals surface area contributed by atoms with Gasteiger partial charge >= 0.3 is 0 Å². The quantitative estimate of drug-likeness (QED) is 0.588. The zero-order chi connectivity index (χ0) is 14.8. The Bertz CT molecular complexity index is 483. The third kappa shape index (κ3) is 4.06. The fraction of sp³-hybridized carbons (Fsp3) is 0.571. The summed E-state index contributed by atoms with van der Waals surface area (Å²) in [4.78, 5) is 12.8. The van der Waals surface area contributed by atoms with E-state index in [0.717, 1.165) is 12.0 Å². The van der Waals surface area contributed by atoms with Crippen LogP contribution in [0.1, 0.15) is 55.4 Å². The van der Waals surface area contributed by atoms with E-state index in [1.54, 1.807) is 0 Å². The first kappa shape index (κ1) is 15.7. The van der Waals surface area contributed by atoms with Gasteiger partial charge in [-0.3, -0.25) is 15.5 Å². The third-order valence-electron chi connectivity index (χ3n) is 2.77. The molecule has 0 aliphatic rings. The van der Waals surface area contributed by atoms with Gasteiger partial charge in [0.05, 0.1) is 4.88 Å². The van der Waals surface area contributed by atoms with Gasteiger partial charge in [0.15, 0.2) is 5.96 Å². The average Bonchev–Trinajstić information content (AvgIpc) is 2.58. The number of carbonyl (C=O) groups is 1. The van der Waals surface area contributed by atoms with Crippen LogP contribution in [0, 0.1) is 11.3 Å². The fourth-order valence-electron chi connectivity index (χ4n) is 1.99. The molecule has 0 aliphatic carbocycles. The number of hydrogen-bond acceptors (Lipinski definition) is 3. The second kappa shape index (κ2) is 5.74. The van der Waals surface area contributed by atoms with Crippen LogP contribution in [0.2, 0.25) is 0 Å². The molecule has 4 N–H and O–H groups in total. The highest BCUT2D eigenvalue weighted by molar-refractivity contribution is 7.12. The Kier molecular flexibility index (Phi) is 4.74. The van der Waals surface area contributed by atoms with Crippen LogP contribution in [-0.2, 0) is 11.8 Å². The molecule has 0 aliphatic heterocycles. The highest BCUT2D eigenvalue weighted by Crippen LogP contribution is 2.34. The first-order valence-electron chi connectivity index (χ1n) is 6.39. The van der Waals surface area contributed by atoms with Crippen molar-refractivity contribution in [3.63, 3.8) is 0 Å². The van der Waals surface area contributed by atoms with Gasteiger partial charge in [0.1, 0.15) is 0 Å². The average molecular weight is 281 g/mol. The van der Waals surface area contributed by atoms with Gasteiger partial charge in [0.2, 0.25) is 0 Å². The van der Waals surface area contributed by atoms with Crippen LogP contribution in [-0.4, -0.2) is 11.9 Å². The van der Waals surface area contributed by atoms with E-state index >= 15 is 0 Å². The van der Waals surface area contributed by atoms with Crippen molar-refractivity contribution in [2.75, 3.05) is 0 Å². The van der Waals surface area contributed by atoms with Crippen molar-refractivity contribution >= 4 is 23.2 Å². The molecule has 4 nitrogen and oxygen atoms in total. The fourth-order valence-corrected chi connectivity index (χ4v) is 3.22. The number of thiophene rings is 1. The van der Waals surface area contributed by atoms with Gasteiger partial charge < -0.3 is 5.73 Å². The van der Waals surface area contributed by atoms with Gasteiger partial charge in [-0.15, -0.1) is 11.3 Å². The minimum absolute atomic E-state index is 0.00940.